The van der Waals surface area contributed by atoms with Crippen LogP contribution in [0.4, 0.5) is 0 Å². The van der Waals surface area contributed by atoms with Gasteiger partial charge in [-0.05, 0) is 18.2 Å². The van der Waals surface area contributed by atoms with Crippen LogP contribution in [0.5, 0.6) is 0 Å². The number of fused-ring (bicyclic) bond motifs is 1. The zero-order valence-electron chi connectivity index (χ0n) is 11.1. The van der Waals surface area contributed by atoms with E-state index in [9.17, 15) is 8.42 Å². The van der Waals surface area contributed by atoms with Crippen LogP contribution in [-0.4, -0.2) is 35.4 Å². The van der Waals surface area contributed by atoms with Gasteiger partial charge in [0.2, 0.25) is 0 Å². The van der Waals surface area contributed by atoms with Gasteiger partial charge >= 0.3 is 0 Å². The van der Waals surface area contributed by atoms with Gasteiger partial charge in [-0.2, -0.15) is 0 Å². The number of hydrogen-bond donors (Lipinski definition) is 0. The number of alkyl halides is 1. The van der Waals surface area contributed by atoms with Crippen molar-refractivity contribution < 1.29 is 8.42 Å². The second-order valence-electron chi connectivity index (χ2n) is 4.49. The first-order valence-corrected chi connectivity index (χ1v) is 9.53. The highest BCUT2D eigenvalue weighted by Gasteiger charge is 2.14. The number of sulfone groups is 1. The van der Waals surface area contributed by atoms with E-state index in [-0.39, 0.29) is 11.5 Å². The zero-order valence-corrected chi connectivity index (χ0v) is 14.3. The molecule has 0 N–H and O–H groups in total. The van der Waals surface area contributed by atoms with Gasteiger partial charge in [0.25, 0.3) is 0 Å². The van der Waals surface area contributed by atoms with Gasteiger partial charge in [0, 0.05) is 29.1 Å². The van der Waals surface area contributed by atoms with Gasteiger partial charge < -0.3 is 4.57 Å². The molecule has 7 heteroatoms. The van der Waals surface area contributed by atoms with Crippen molar-refractivity contribution in [3.05, 3.63) is 28.5 Å². The number of halogens is 2. The van der Waals surface area contributed by atoms with Crippen LogP contribution in [0.25, 0.3) is 11.0 Å². The molecule has 1 aromatic heterocycles. The van der Waals surface area contributed by atoms with Crippen molar-refractivity contribution in [2.45, 2.75) is 19.9 Å². The topological polar surface area (TPSA) is 52.0 Å². The quantitative estimate of drug-likeness (QED) is 0.725. The van der Waals surface area contributed by atoms with Crippen LogP contribution < -0.4 is 0 Å². The summed E-state index contributed by atoms with van der Waals surface area (Å²) in [5.41, 5.74) is 1.80. The van der Waals surface area contributed by atoms with Gasteiger partial charge in [0.15, 0.2) is 9.84 Å². The Morgan fingerprint density at radius 1 is 1.40 bits per heavy atom. The third-order valence-corrected chi connectivity index (χ3v) is 5.54. The Morgan fingerprint density at radius 2 is 2.15 bits per heavy atom. The summed E-state index contributed by atoms with van der Waals surface area (Å²) in [5.74, 6) is 1.58. The highest BCUT2D eigenvalue weighted by molar-refractivity contribution is 9.10. The molecule has 110 valence electrons. The average Bonchev–Trinajstić information content (AvgIpc) is 2.73. The first-order valence-electron chi connectivity index (χ1n) is 6.38. The lowest BCUT2D eigenvalue weighted by molar-refractivity contribution is 0.589. The molecule has 2 rings (SSSR count). The van der Waals surface area contributed by atoms with Crippen LogP contribution in [-0.2, 0) is 22.8 Å². The summed E-state index contributed by atoms with van der Waals surface area (Å²) in [5, 5.41) is 0. The van der Waals surface area contributed by atoms with Crippen LogP contribution in [0, 0.1) is 0 Å². The van der Waals surface area contributed by atoms with E-state index in [0.717, 1.165) is 21.3 Å². The third kappa shape index (κ3) is 3.54. The molecule has 0 bridgehead atoms. The zero-order chi connectivity index (χ0) is 14.8. The highest BCUT2D eigenvalue weighted by atomic mass is 79.9. The Balaban J connectivity index is 2.41. The minimum atomic E-state index is -2.99. The largest absolute Gasteiger partial charge is 0.327 e. The molecule has 0 saturated carbocycles. The summed E-state index contributed by atoms with van der Waals surface area (Å²) < 4.78 is 26.3. The molecule has 20 heavy (non-hydrogen) atoms. The first kappa shape index (κ1) is 15.8. The fourth-order valence-electron chi connectivity index (χ4n) is 2.05. The van der Waals surface area contributed by atoms with Crippen LogP contribution in [0.15, 0.2) is 22.7 Å². The van der Waals surface area contributed by atoms with Crippen LogP contribution >= 0.6 is 27.5 Å². The summed E-state index contributed by atoms with van der Waals surface area (Å²) >= 11 is 9.22. The Labute approximate surface area is 132 Å². The van der Waals surface area contributed by atoms with Crippen molar-refractivity contribution in [3.8, 4) is 0 Å². The van der Waals surface area contributed by atoms with Crippen LogP contribution in [0.1, 0.15) is 12.7 Å². The van der Waals surface area contributed by atoms with E-state index in [1.807, 2.05) is 22.8 Å². The summed E-state index contributed by atoms with van der Waals surface area (Å²) in [7, 11) is -2.99. The number of benzene rings is 1. The van der Waals surface area contributed by atoms with Crippen molar-refractivity contribution in [1.82, 2.24) is 9.55 Å². The van der Waals surface area contributed by atoms with Crippen molar-refractivity contribution in [2.75, 3.05) is 17.4 Å². The Hall–Kier alpha value is -0.590. The van der Waals surface area contributed by atoms with E-state index < -0.39 is 9.84 Å². The molecule has 0 spiro atoms. The van der Waals surface area contributed by atoms with E-state index in [1.165, 1.54) is 0 Å². The van der Waals surface area contributed by atoms with E-state index in [0.29, 0.717) is 18.8 Å². The van der Waals surface area contributed by atoms with Gasteiger partial charge in [-0.15, -0.1) is 11.6 Å². The van der Waals surface area contributed by atoms with Crippen LogP contribution in [0.2, 0.25) is 0 Å². The minimum absolute atomic E-state index is 0.125. The molecule has 0 aliphatic carbocycles. The van der Waals surface area contributed by atoms with Crippen molar-refractivity contribution >= 4 is 48.4 Å². The molecule has 1 aromatic carbocycles. The normalized spacial score (nSPS) is 12.2. The monoisotopic (exact) mass is 378 g/mol. The number of imidazole rings is 1. The molecule has 1 heterocycles. The lowest BCUT2D eigenvalue weighted by atomic mass is 10.3. The molecule has 0 amide bonds. The standard InChI is InChI=1S/C13H16BrClN2O2S/c1-2-20(18,19)8-7-17-12-4-3-10(14)9-11(12)16-13(17)5-6-15/h3-4,9H,2,5-8H2,1H3. The maximum absolute atomic E-state index is 11.7. The molecule has 4 nitrogen and oxygen atoms in total. The number of nitrogens with zero attached hydrogens (tertiary/aromatic N) is 2. The predicted octanol–water partition coefficient (Wildman–Crippen LogP) is 3.01. The molecule has 0 fully saturated rings. The third-order valence-electron chi connectivity index (χ3n) is 3.17. The lowest BCUT2D eigenvalue weighted by Crippen LogP contribution is -2.16. The van der Waals surface area contributed by atoms with Gasteiger partial charge in [-0.1, -0.05) is 22.9 Å². The summed E-state index contributed by atoms with van der Waals surface area (Å²) in [4.78, 5) is 4.54. The Bertz CT molecular complexity index is 712. The van der Waals surface area contributed by atoms with E-state index >= 15 is 0 Å². The van der Waals surface area contributed by atoms with E-state index in [1.54, 1.807) is 6.92 Å². The molecule has 0 saturated heterocycles. The fraction of sp³-hybridized carbons (Fsp3) is 0.462. The number of aromatic nitrogens is 2. The highest BCUT2D eigenvalue weighted by Crippen LogP contribution is 2.21. The molecule has 0 atom stereocenters. The average molecular weight is 380 g/mol. The molecule has 0 aliphatic rings. The maximum atomic E-state index is 11.7. The summed E-state index contributed by atoms with van der Waals surface area (Å²) in [6, 6.07) is 5.81. The molecule has 2 aromatic rings. The predicted molar refractivity (Wildman–Crippen MR) is 86.2 cm³/mol. The summed E-state index contributed by atoms with van der Waals surface area (Å²) in [6.45, 7) is 2.08. The number of hydrogen-bond acceptors (Lipinski definition) is 3. The number of rotatable bonds is 6. The molecular weight excluding hydrogens is 364 g/mol. The SMILES string of the molecule is CCS(=O)(=O)CCn1c(CCCl)nc2cc(Br)ccc21. The minimum Gasteiger partial charge on any atom is -0.327 e. The van der Waals surface area contributed by atoms with E-state index in [2.05, 4.69) is 20.9 Å². The second kappa shape index (κ2) is 6.45. The smallest absolute Gasteiger partial charge is 0.151 e. The summed E-state index contributed by atoms with van der Waals surface area (Å²) in [6.07, 6.45) is 0.625. The van der Waals surface area contributed by atoms with Crippen molar-refractivity contribution in [1.29, 1.82) is 0 Å². The molecule has 0 unspecified atom stereocenters. The lowest BCUT2D eigenvalue weighted by Gasteiger charge is -2.08. The van der Waals surface area contributed by atoms with Gasteiger partial charge in [-0.3, -0.25) is 0 Å². The van der Waals surface area contributed by atoms with Gasteiger partial charge in [-0.25, -0.2) is 13.4 Å². The van der Waals surface area contributed by atoms with Gasteiger partial charge in [0.05, 0.1) is 16.8 Å². The number of aryl methyl sites for hydroxylation is 2. The second-order valence-corrected chi connectivity index (χ2v) is 8.25. The Morgan fingerprint density at radius 3 is 2.80 bits per heavy atom. The van der Waals surface area contributed by atoms with Crippen LogP contribution in [0.3, 0.4) is 0 Å². The fourth-order valence-corrected chi connectivity index (χ4v) is 3.32. The molecule has 0 aliphatic heterocycles. The first-order chi connectivity index (χ1) is 9.46. The molecule has 0 radical (unpaired) electrons. The van der Waals surface area contributed by atoms with Gasteiger partial charge in [0.1, 0.15) is 5.82 Å². The van der Waals surface area contributed by atoms with Crippen molar-refractivity contribution in [3.63, 3.8) is 0 Å². The maximum Gasteiger partial charge on any atom is 0.151 e. The van der Waals surface area contributed by atoms with E-state index in [4.69, 9.17) is 11.6 Å². The van der Waals surface area contributed by atoms with Crippen molar-refractivity contribution in [2.24, 2.45) is 0 Å². The molecular formula is C13H16BrClN2O2S. The Kier molecular flexibility index (Phi) is 5.09.